The van der Waals surface area contributed by atoms with E-state index < -0.39 is 0 Å². The number of carbonyl (C=O) groups excluding carboxylic acids is 2. The molecule has 0 spiro atoms. The van der Waals surface area contributed by atoms with E-state index in [2.05, 4.69) is 41.4 Å². The molecule has 4 heteroatoms. The number of anilines is 1. The average molecular weight is 455 g/mol. The van der Waals surface area contributed by atoms with Crippen molar-refractivity contribution in [3.05, 3.63) is 126 Å². The van der Waals surface area contributed by atoms with Crippen molar-refractivity contribution < 1.29 is 9.59 Å². The lowest BCUT2D eigenvalue weighted by molar-refractivity contribution is -0.122. The zero-order chi connectivity index (χ0) is 23.5. The van der Waals surface area contributed by atoms with Gasteiger partial charge in [0.2, 0.25) is 11.8 Å². The lowest BCUT2D eigenvalue weighted by atomic mass is 9.85. The van der Waals surface area contributed by atoms with Gasteiger partial charge in [-0.05, 0) is 34.4 Å². The van der Waals surface area contributed by atoms with Crippen molar-refractivity contribution in [1.29, 1.82) is 0 Å². The molecule has 1 saturated carbocycles. The third-order valence-corrected chi connectivity index (χ3v) is 7.68. The Morgan fingerprint density at radius 3 is 1.83 bits per heavy atom. The van der Waals surface area contributed by atoms with Gasteiger partial charge in [-0.3, -0.25) is 14.6 Å². The number of carbonyl (C=O) groups is 2. The highest BCUT2D eigenvalue weighted by atomic mass is 16.2. The van der Waals surface area contributed by atoms with Crippen LogP contribution in [0.4, 0.5) is 5.69 Å². The molecule has 0 radical (unpaired) electrons. The van der Waals surface area contributed by atoms with E-state index in [0.717, 1.165) is 22.1 Å². The average Bonchev–Trinajstić information content (AvgIpc) is 3.54. The number of allylic oxidation sites excluding steroid dienone is 3. The number of fused-ring (bicyclic) bond motifs is 6. The van der Waals surface area contributed by atoms with E-state index in [1.165, 1.54) is 10.5 Å². The van der Waals surface area contributed by atoms with Crippen molar-refractivity contribution in [1.82, 2.24) is 4.98 Å². The van der Waals surface area contributed by atoms with Crippen molar-refractivity contribution in [2.45, 2.75) is 0 Å². The summed E-state index contributed by atoms with van der Waals surface area (Å²) >= 11 is 0. The summed E-state index contributed by atoms with van der Waals surface area (Å²) in [5.41, 5.74) is 5.82. The van der Waals surface area contributed by atoms with Gasteiger partial charge >= 0.3 is 0 Å². The van der Waals surface area contributed by atoms with Crippen LogP contribution in [-0.2, 0) is 9.59 Å². The Morgan fingerprint density at radius 1 is 0.657 bits per heavy atom. The minimum Gasteiger partial charge on any atom is -0.274 e. The summed E-state index contributed by atoms with van der Waals surface area (Å²) in [7, 11) is 0. The third kappa shape index (κ3) is 2.83. The fourth-order valence-electron chi connectivity index (χ4n) is 6.31. The molecule has 4 aromatic rings. The number of hydrogen-bond donors (Lipinski definition) is 0. The molecule has 0 N–H and O–H groups in total. The second-order valence-electron chi connectivity index (χ2n) is 9.41. The molecule has 7 rings (SSSR count). The molecule has 3 aromatic carbocycles. The van der Waals surface area contributed by atoms with Crippen LogP contribution in [0.1, 0.15) is 11.1 Å². The van der Waals surface area contributed by atoms with E-state index in [1.54, 1.807) is 6.20 Å². The van der Waals surface area contributed by atoms with Crippen molar-refractivity contribution >= 4 is 34.0 Å². The Morgan fingerprint density at radius 2 is 1.23 bits per heavy atom. The Kier molecular flexibility index (Phi) is 4.37. The van der Waals surface area contributed by atoms with Crippen LogP contribution >= 0.6 is 0 Å². The molecule has 2 aliphatic carbocycles. The topological polar surface area (TPSA) is 50.3 Å². The maximum Gasteiger partial charge on any atom is 0.238 e. The van der Waals surface area contributed by atoms with Gasteiger partial charge in [-0.15, -0.1) is 0 Å². The molecule has 2 heterocycles. The minimum atomic E-state index is -0.381. The fraction of sp³-hybridized carbons (Fsp3) is 0.129. The van der Waals surface area contributed by atoms with Crippen LogP contribution in [0.5, 0.6) is 0 Å². The molecule has 3 aliphatic rings. The number of rotatable bonds is 3. The van der Waals surface area contributed by atoms with Gasteiger partial charge in [0, 0.05) is 23.4 Å². The molecule has 1 aromatic heterocycles. The SMILES string of the molecule is O=C1[C@@H]2[C@H](C(=O)N1c1cccc3cccnc13)[C@H]1C=C[C@H]2C1=C(c1ccccc1)c1ccccc1. The highest BCUT2D eigenvalue weighted by Gasteiger charge is 2.62. The molecule has 4 atom stereocenters. The number of aromatic nitrogens is 1. The van der Waals surface area contributed by atoms with Gasteiger partial charge in [0.25, 0.3) is 0 Å². The van der Waals surface area contributed by atoms with Crippen molar-refractivity contribution in [3.8, 4) is 0 Å². The number of amides is 2. The fourth-order valence-corrected chi connectivity index (χ4v) is 6.31. The maximum absolute atomic E-state index is 13.9. The van der Waals surface area contributed by atoms with Gasteiger partial charge in [0.15, 0.2) is 0 Å². The smallest absolute Gasteiger partial charge is 0.238 e. The van der Waals surface area contributed by atoms with Gasteiger partial charge < -0.3 is 0 Å². The van der Waals surface area contributed by atoms with Gasteiger partial charge in [-0.2, -0.15) is 0 Å². The molecular formula is C31H22N2O2. The van der Waals surface area contributed by atoms with Crippen molar-refractivity contribution in [2.75, 3.05) is 4.90 Å². The molecule has 0 unspecified atom stereocenters. The normalized spacial score (nSPS) is 24.5. The van der Waals surface area contributed by atoms with Crippen LogP contribution in [0.3, 0.4) is 0 Å². The molecule has 35 heavy (non-hydrogen) atoms. The standard InChI is InChI=1S/C31H22N2O2/c34-30-27-22-16-17-23(26(22)25(19-9-3-1-4-10-19)20-11-5-2-6-12-20)28(27)31(35)33(30)24-15-7-13-21-14-8-18-32-29(21)24/h1-18,22-23,27-28H/t22-,23-,27-,28+/m0/s1. The predicted molar refractivity (Wildman–Crippen MR) is 136 cm³/mol. The number of imide groups is 1. The predicted octanol–water partition coefficient (Wildman–Crippen LogP) is 5.66. The van der Waals surface area contributed by atoms with Gasteiger partial charge in [-0.1, -0.05) is 91.0 Å². The first-order valence-corrected chi connectivity index (χ1v) is 12.0. The van der Waals surface area contributed by atoms with Crippen molar-refractivity contribution in [3.63, 3.8) is 0 Å². The quantitative estimate of drug-likeness (QED) is 0.297. The molecule has 1 aliphatic heterocycles. The number of benzene rings is 3. The van der Waals surface area contributed by atoms with Crippen LogP contribution < -0.4 is 4.90 Å². The summed E-state index contributed by atoms with van der Waals surface area (Å²) in [6.07, 6.45) is 5.99. The zero-order valence-electron chi connectivity index (χ0n) is 18.9. The molecule has 1 saturated heterocycles. The summed E-state index contributed by atoms with van der Waals surface area (Å²) in [6.45, 7) is 0. The van der Waals surface area contributed by atoms with Crippen LogP contribution in [0.15, 0.2) is 115 Å². The van der Waals surface area contributed by atoms with Crippen LogP contribution in [-0.4, -0.2) is 16.8 Å². The summed E-state index contributed by atoms with van der Waals surface area (Å²) in [6, 6.07) is 30.1. The van der Waals surface area contributed by atoms with Gasteiger partial charge in [-0.25, -0.2) is 4.90 Å². The molecule has 2 bridgehead atoms. The van der Waals surface area contributed by atoms with Gasteiger partial charge in [0.1, 0.15) is 0 Å². The molecule has 2 fully saturated rings. The van der Waals surface area contributed by atoms with E-state index in [1.807, 2.05) is 66.7 Å². The molecular weight excluding hydrogens is 432 g/mol. The van der Waals surface area contributed by atoms with E-state index in [-0.39, 0.29) is 35.5 Å². The number of nitrogens with zero attached hydrogens (tertiary/aromatic N) is 2. The molecule has 168 valence electrons. The van der Waals surface area contributed by atoms with Gasteiger partial charge in [0.05, 0.1) is 23.0 Å². The largest absolute Gasteiger partial charge is 0.274 e. The summed E-state index contributed by atoms with van der Waals surface area (Å²) < 4.78 is 0. The van der Waals surface area contributed by atoms with E-state index in [9.17, 15) is 9.59 Å². The summed E-state index contributed by atoms with van der Waals surface area (Å²) in [4.78, 5) is 33.7. The van der Waals surface area contributed by atoms with Crippen LogP contribution in [0, 0.1) is 23.7 Å². The number of para-hydroxylation sites is 1. The first kappa shape index (κ1) is 20.1. The lowest BCUT2D eigenvalue weighted by Gasteiger charge is -2.22. The van der Waals surface area contributed by atoms with Crippen molar-refractivity contribution in [2.24, 2.45) is 23.7 Å². The highest BCUT2D eigenvalue weighted by Crippen LogP contribution is 2.59. The second-order valence-corrected chi connectivity index (χ2v) is 9.41. The van der Waals surface area contributed by atoms with E-state index >= 15 is 0 Å². The zero-order valence-corrected chi connectivity index (χ0v) is 18.9. The minimum absolute atomic E-state index is 0.0928. The molecule has 4 nitrogen and oxygen atoms in total. The van der Waals surface area contributed by atoms with E-state index in [0.29, 0.717) is 11.2 Å². The first-order chi connectivity index (χ1) is 17.2. The van der Waals surface area contributed by atoms with Crippen LogP contribution in [0.25, 0.3) is 16.5 Å². The highest BCUT2D eigenvalue weighted by molar-refractivity contribution is 6.25. The Labute approximate surface area is 203 Å². The monoisotopic (exact) mass is 454 g/mol. The third-order valence-electron chi connectivity index (χ3n) is 7.68. The lowest BCUT2D eigenvalue weighted by Crippen LogP contribution is -2.33. The summed E-state index contributed by atoms with van der Waals surface area (Å²) in [5, 5.41) is 0.916. The first-order valence-electron chi connectivity index (χ1n) is 12.0. The van der Waals surface area contributed by atoms with E-state index in [4.69, 9.17) is 0 Å². The molecule has 2 amide bonds. The number of pyridine rings is 1. The Hall–Kier alpha value is -4.31. The maximum atomic E-state index is 13.9. The van der Waals surface area contributed by atoms with Crippen LogP contribution in [0.2, 0.25) is 0 Å². The number of hydrogen-bond acceptors (Lipinski definition) is 3. The summed E-state index contributed by atoms with van der Waals surface area (Å²) in [5.74, 6) is -1.18. The second kappa shape index (κ2) is 7.60. The Balaban J connectivity index is 1.38. The Bertz CT molecular complexity index is 1470.